The molecule has 2 aromatic carbocycles. The summed E-state index contributed by atoms with van der Waals surface area (Å²) in [6.45, 7) is 8.31. The lowest BCUT2D eigenvalue weighted by Crippen LogP contribution is -1.91. The van der Waals surface area contributed by atoms with E-state index in [4.69, 9.17) is 9.51 Å². The molecule has 0 amide bonds. The SMILES string of the molecule is Cc1cccc(C)c1-c1cc(-c2c(C)noc2C)cc2[nH]c(C3CC3)nc12. The standard InChI is InChI=1S/C23H23N3O/c1-12-6-5-7-13(2)20(12)18-10-17(21-14(3)26-27-15(21)4)11-19-22(18)25-23(24-19)16-8-9-16/h5-7,10-11,16H,8-9H2,1-4H3,(H,24,25). The topological polar surface area (TPSA) is 54.7 Å². The Kier molecular flexibility index (Phi) is 3.51. The van der Waals surface area contributed by atoms with E-state index in [1.807, 2.05) is 13.8 Å². The predicted molar refractivity (Wildman–Crippen MR) is 108 cm³/mol. The third-order valence-corrected chi connectivity index (χ3v) is 5.64. The van der Waals surface area contributed by atoms with E-state index >= 15 is 0 Å². The summed E-state index contributed by atoms with van der Waals surface area (Å²) in [5, 5.41) is 4.15. The van der Waals surface area contributed by atoms with Crippen molar-refractivity contribution in [2.75, 3.05) is 0 Å². The Morgan fingerprint density at radius 3 is 2.37 bits per heavy atom. The van der Waals surface area contributed by atoms with Gasteiger partial charge in [0, 0.05) is 17.0 Å². The fraction of sp³-hybridized carbons (Fsp3) is 0.304. The van der Waals surface area contributed by atoms with Crippen molar-refractivity contribution >= 4 is 11.0 Å². The second-order valence-electron chi connectivity index (χ2n) is 7.78. The van der Waals surface area contributed by atoms with Gasteiger partial charge in [-0.1, -0.05) is 23.4 Å². The zero-order valence-electron chi connectivity index (χ0n) is 16.2. The molecule has 5 rings (SSSR count). The van der Waals surface area contributed by atoms with Gasteiger partial charge in [0.25, 0.3) is 0 Å². The Labute approximate surface area is 158 Å². The highest BCUT2D eigenvalue weighted by Gasteiger charge is 2.28. The number of nitrogens with zero attached hydrogens (tertiary/aromatic N) is 2. The summed E-state index contributed by atoms with van der Waals surface area (Å²) in [7, 11) is 0. The molecule has 0 saturated heterocycles. The summed E-state index contributed by atoms with van der Waals surface area (Å²) >= 11 is 0. The van der Waals surface area contributed by atoms with Crippen molar-refractivity contribution < 1.29 is 4.52 Å². The molecule has 1 aliphatic rings. The van der Waals surface area contributed by atoms with Gasteiger partial charge in [-0.3, -0.25) is 0 Å². The van der Waals surface area contributed by atoms with Crippen molar-refractivity contribution in [3.8, 4) is 22.3 Å². The molecule has 27 heavy (non-hydrogen) atoms. The van der Waals surface area contributed by atoms with Crippen molar-refractivity contribution in [3.05, 3.63) is 58.7 Å². The average Bonchev–Trinajstić information content (AvgIpc) is 3.30. The maximum atomic E-state index is 5.43. The molecule has 136 valence electrons. The zero-order valence-corrected chi connectivity index (χ0v) is 16.2. The third-order valence-electron chi connectivity index (χ3n) is 5.64. The largest absolute Gasteiger partial charge is 0.361 e. The second kappa shape index (κ2) is 5.81. The van der Waals surface area contributed by atoms with Crippen LogP contribution in [0.4, 0.5) is 0 Å². The zero-order chi connectivity index (χ0) is 18.7. The van der Waals surface area contributed by atoms with Crippen molar-refractivity contribution in [3.63, 3.8) is 0 Å². The number of nitrogens with one attached hydrogen (secondary N) is 1. The first-order chi connectivity index (χ1) is 13.0. The fourth-order valence-corrected chi connectivity index (χ4v) is 4.16. The number of aromatic amines is 1. The van der Waals surface area contributed by atoms with Crippen LogP contribution >= 0.6 is 0 Å². The first-order valence-corrected chi connectivity index (χ1v) is 9.56. The molecule has 0 radical (unpaired) electrons. The van der Waals surface area contributed by atoms with Crippen LogP contribution in [0.3, 0.4) is 0 Å². The number of H-pyrrole nitrogens is 1. The average molecular weight is 357 g/mol. The van der Waals surface area contributed by atoms with Crippen LogP contribution < -0.4 is 0 Å². The fourth-order valence-electron chi connectivity index (χ4n) is 4.16. The molecule has 1 fully saturated rings. The summed E-state index contributed by atoms with van der Waals surface area (Å²) in [6, 6.07) is 10.9. The lowest BCUT2D eigenvalue weighted by Gasteiger charge is -2.12. The molecule has 0 aliphatic heterocycles. The van der Waals surface area contributed by atoms with Crippen LogP contribution in [-0.4, -0.2) is 15.1 Å². The van der Waals surface area contributed by atoms with Gasteiger partial charge in [0.05, 0.1) is 16.7 Å². The summed E-state index contributed by atoms with van der Waals surface area (Å²) in [5.41, 5.74) is 10.3. The van der Waals surface area contributed by atoms with E-state index in [0.29, 0.717) is 5.92 Å². The highest BCUT2D eigenvalue weighted by atomic mass is 16.5. The second-order valence-corrected chi connectivity index (χ2v) is 7.78. The maximum absolute atomic E-state index is 5.43. The van der Waals surface area contributed by atoms with Crippen molar-refractivity contribution in [2.45, 2.75) is 46.5 Å². The van der Waals surface area contributed by atoms with Gasteiger partial charge in [-0.25, -0.2) is 4.98 Å². The highest BCUT2D eigenvalue weighted by Crippen LogP contribution is 2.42. The van der Waals surface area contributed by atoms with Crippen molar-refractivity contribution in [1.82, 2.24) is 15.1 Å². The Bertz CT molecular complexity index is 1140. The molecule has 4 heteroatoms. The summed E-state index contributed by atoms with van der Waals surface area (Å²) in [5.74, 6) is 2.56. The molecule has 0 spiro atoms. The van der Waals surface area contributed by atoms with Crippen LogP contribution in [-0.2, 0) is 0 Å². The summed E-state index contributed by atoms with van der Waals surface area (Å²) in [4.78, 5) is 8.59. The molecule has 4 aromatic rings. The van der Waals surface area contributed by atoms with Crippen molar-refractivity contribution in [2.24, 2.45) is 0 Å². The van der Waals surface area contributed by atoms with Gasteiger partial charge in [-0.2, -0.15) is 0 Å². The normalized spacial score (nSPS) is 14.2. The van der Waals surface area contributed by atoms with Gasteiger partial charge in [0.1, 0.15) is 11.6 Å². The van der Waals surface area contributed by atoms with E-state index in [2.05, 4.69) is 54.3 Å². The van der Waals surface area contributed by atoms with E-state index in [1.165, 1.54) is 35.1 Å². The molecule has 1 aliphatic carbocycles. The Morgan fingerprint density at radius 2 is 1.74 bits per heavy atom. The number of rotatable bonds is 3. The number of aryl methyl sites for hydroxylation is 4. The van der Waals surface area contributed by atoms with Gasteiger partial charge in [0.2, 0.25) is 0 Å². The van der Waals surface area contributed by atoms with Crippen LogP contribution in [0.2, 0.25) is 0 Å². The molecule has 1 N–H and O–H groups in total. The molecule has 2 heterocycles. The Hall–Kier alpha value is -2.88. The number of benzene rings is 2. The third kappa shape index (κ3) is 2.59. The number of hydrogen-bond acceptors (Lipinski definition) is 3. The van der Waals surface area contributed by atoms with E-state index in [9.17, 15) is 0 Å². The quantitative estimate of drug-likeness (QED) is 0.489. The van der Waals surface area contributed by atoms with E-state index in [0.717, 1.165) is 39.4 Å². The van der Waals surface area contributed by atoms with Crippen LogP contribution in [0.25, 0.3) is 33.3 Å². The van der Waals surface area contributed by atoms with E-state index in [-0.39, 0.29) is 0 Å². The van der Waals surface area contributed by atoms with Gasteiger partial charge in [-0.15, -0.1) is 0 Å². The molecular weight excluding hydrogens is 334 g/mol. The van der Waals surface area contributed by atoms with Crippen LogP contribution in [0.15, 0.2) is 34.9 Å². The molecule has 0 unspecified atom stereocenters. The lowest BCUT2D eigenvalue weighted by atomic mass is 9.91. The Morgan fingerprint density at radius 1 is 1.00 bits per heavy atom. The van der Waals surface area contributed by atoms with Crippen molar-refractivity contribution in [1.29, 1.82) is 0 Å². The first-order valence-electron chi connectivity index (χ1n) is 9.56. The minimum absolute atomic E-state index is 0.589. The van der Waals surface area contributed by atoms with E-state index < -0.39 is 0 Å². The van der Waals surface area contributed by atoms with Gasteiger partial charge in [0.15, 0.2) is 0 Å². The Balaban J connectivity index is 1.84. The first kappa shape index (κ1) is 16.3. The molecule has 2 aromatic heterocycles. The minimum Gasteiger partial charge on any atom is -0.361 e. The molecule has 4 nitrogen and oxygen atoms in total. The lowest BCUT2D eigenvalue weighted by molar-refractivity contribution is 0.393. The molecule has 0 atom stereocenters. The minimum atomic E-state index is 0.589. The van der Waals surface area contributed by atoms with Gasteiger partial charge >= 0.3 is 0 Å². The number of hydrogen-bond donors (Lipinski definition) is 1. The molecular formula is C23H23N3O. The highest BCUT2D eigenvalue weighted by molar-refractivity contribution is 5.98. The predicted octanol–water partition coefficient (Wildman–Crippen LogP) is 6.00. The van der Waals surface area contributed by atoms with E-state index in [1.54, 1.807) is 0 Å². The van der Waals surface area contributed by atoms with Crippen LogP contribution in [0.5, 0.6) is 0 Å². The van der Waals surface area contributed by atoms with Gasteiger partial charge < -0.3 is 9.51 Å². The number of aromatic nitrogens is 3. The smallest absolute Gasteiger partial charge is 0.141 e. The maximum Gasteiger partial charge on any atom is 0.141 e. The monoisotopic (exact) mass is 357 g/mol. The number of fused-ring (bicyclic) bond motifs is 1. The van der Waals surface area contributed by atoms with Crippen LogP contribution in [0.1, 0.15) is 47.2 Å². The van der Waals surface area contributed by atoms with Crippen LogP contribution in [0, 0.1) is 27.7 Å². The summed E-state index contributed by atoms with van der Waals surface area (Å²) < 4.78 is 5.43. The summed E-state index contributed by atoms with van der Waals surface area (Å²) in [6.07, 6.45) is 2.46. The van der Waals surface area contributed by atoms with Gasteiger partial charge in [-0.05, 0) is 74.9 Å². The molecule has 0 bridgehead atoms. The number of imidazole rings is 1. The molecule has 1 saturated carbocycles.